The molecule has 0 aliphatic carbocycles. The molecular formula is C21H35NO. The standard InChI is InChI=1S/C21H35NO/c1-2-3-4-5-6-7-8-9-10-11-12-15-18-22-19-20-16-13-14-17-21(20)23/h13-14,16-17,19,23H,2-12,15,18H2,1H3. The maximum atomic E-state index is 9.62. The minimum Gasteiger partial charge on any atom is -0.507 e. The number of hydrogen-bond donors (Lipinski definition) is 1. The van der Waals surface area contributed by atoms with Gasteiger partial charge in [-0.15, -0.1) is 0 Å². The maximum absolute atomic E-state index is 9.62. The molecule has 2 nitrogen and oxygen atoms in total. The van der Waals surface area contributed by atoms with Crippen LogP contribution in [0.2, 0.25) is 0 Å². The monoisotopic (exact) mass is 317 g/mol. The molecule has 0 amide bonds. The van der Waals surface area contributed by atoms with E-state index in [1.807, 2.05) is 18.2 Å². The fourth-order valence-electron chi connectivity index (χ4n) is 2.80. The average Bonchev–Trinajstić information content (AvgIpc) is 2.57. The van der Waals surface area contributed by atoms with Crippen molar-refractivity contribution < 1.29 is 5.11 Å². The molecule has 0 unspecified atom stereocenters. The van der Waals surface area contributed by atoms with Crippen LogP contribution in [0.4, 0.5) is 0 Å². The van der Waals surface area contributed by atoms with E-state index >= 15 is 0 Å². The number of phenols is 1. The number of para-hydroxylation sites is 1. The number of benzene rings is 1. The van der Waals surface area contributed by atoms with Gasteiger partial charge in [0.2, 0.25) is 0 Å². The van der Waals surface area contributed by atoms with Gasteiger partial charge in [0.25, 0.3) is 0 Å². The number of phenolic OH excluding ortho intramolecular Hbond substituents is 1. The van der Waals surface area contributed by atoms with E-state index in [-0.39, 0.29) is 0 Å². The lowest BCUT2D eigenvalue weighted by Crippen LogP contribution is -1.87. The smallest absolute Gasteiger partial charge is 0.124 e. The summed E-state index contributed by atoms with van der Waals surface area (Å²) in [6.07, 6.45) is 18.2. The highest BCUT2D eigenvalue weighted by molar-refractivity contribution is 5.83. The first-order valence-corrected chi connectivity index (χ1v) is 9.62. The van der Waals surface area contributed by atoms with Gasteiger partial charge >= 0.3 is 0 Å². The van der Waals surface area contributed by atoms with Gasteiger partial charge in [0.15, 0.2) is 0 Å². The third-order valence-corrected chi connectivity index (χ3v) is 4.31. The highest BCUT2D eigenvalue weighted by Gasteiger charge is 1.95. The lowest BCUT2D eigenvalue weighted by atomic mass is 10.1. The number of rotatable bonds is 14. The summed E-state index contributed by atoms with van der Waals surface area (Å²) in [5.74, 6) is 0.311. The Morgan fingerprint density at radius 1 is 0.783 bits per heavy atom. The summed E-state index contributed by atoms with van der Waals surface area (Å²) in [6.45, 7) is 3.14. The van der Waals surface area contributed by atoms with Crippen molar-refractivity contribution in [3.05, 3.63) is 29.8 Å². The zero-order valence-electron chi connectivity index (χ0n) is 15.0. The van der Waals surface area contributed by atoms with Crippen LogP contribution >= 0.6 is 0 Å². The van der Waals surface area contributed by atoms with E-state index in [2.05, 4.69) is 11.9 Å². The van der Waals surface area contributed by atoms with Crippen molar-refractivity contribution in [3.8, 4) is 5.75 Å². The van der Waals surface area contributed by atoms with Crippen molar-refractivity contribution in [1.29, 1.82) is 0 Å². The van der Waals surface area contributed by atoms with Gasteiger partial charge in [-0.2, -0.15) is 0 Å². The molecule has 1 rings (SSSR count). The summed E-state index contributed by atoms with van der Waals surface area (Å²) in [5, 5.41) is 9.62. The van der Waals surface area contributed by atoms with Gasteiger partial charge in [0.1, 0.15) is 5.75 Å². The first-order valence-electron chi connectivity index (χ1n) is 9.62. The molecule has 0 bridgehead atoms. The van der Waals surface area contributed by atoms with Crippen LogP contribution < -0.4 is 0 Å². The van der Waals surface area contributed by atoms with Crippen LogP contribution in [0.3, 0.4) is 0 Å². The predicted molar refractivity (Wildman–Crippen MR) is 102 cm³/mol. The van der Waals surface area contributed by atoms with Crippen molar-refractivity contribution in [3.63, 3.8) is 0 Å². The Hall–Kier alpha value is -1.31. The normalized spacial score (nSPS) is 11.3. The quantitative estimate of drug-likeness (QED) is 0.308. The lowest BCUT2D eigenvalue weighted by molar-refractivity contribution is 0.474. The molecule has 0 radical (unpaired) electrons. The molecule has 0 atom stereocenters. The van der Waals surface area contributed by atoms with Crippen LogP contribution in [0.1, 0.15) is 89.5 Å². The van der Waals surface area contributed by atoms with Gasteiger partial charge in [-0.05, 0) is 18.6 Å². The number of aromatic hydroxyl groups is 1. The minimum atomic E-state index is 0.311. The second-order valence-corrected chi connectivity index (χ2v) is 6.48. The second kappa shape index (κ2) is 14.3. The lowest BCUT2D eigenvalue weighted by Gasteiger charge is -2.02. The molecule has 1 N–H and O–H groups in total. The summed E-state index contributed by atoms with van der Waals surface area (Å²) in [4.78, 5) is 4.40. The molecule has 23 heavy (non-hydrogen) atoms. The fourth-order valence-corrected chi connectivity index (χ4v) is 2.80. The van der Waals surface area contributed by atoms with E-state index < -0.39 is 0 Å². The van der Waals surface area contributed by atoms with Crippen molar-refractivity contribution in [2.24, 2.45) is 4.99 Å². The second-order valence-electron chi connectivity index (χ2n) is 6.48. The number of aliphatic imine (C=N–C) groups is 1. The summed E-state index contributed by atoms with van der Waals surface area (Å²) in [5.41, 5.74) is 0.812. The Kier molecular flexibility index (Phi) is 12.3. The van der Waals surface area contributed by atoms with Crippen LogP contribution in [0.15, 0.2) is 29.3 Å². The van der Waals surface area contributed by atoms with E-state index in [1.54, 1.807) is 12.3 Å². The van der Waals surface area contributed by atoms with Crippen molar-refractivity contribution in [1.82, 2.24) is 0 Å². The Labute approximate surface area is 143 Å². The molecule has 130 valence electrons. The molecule has 1 aromatic carbocycles. The van der Waals surface area contributed by atoms with E-state index in [0.29, 0.717) is 5.75 Å². The minimum absolute atomic E-state index is 0.311. The third-order valence-electron chi connectivity index (χ3n) is 4.31. The van der Waals surface area contributed by atoms with Gasteiger partial charge in [-0.3, -0.25) is 4.99 Å². The summed E-state index contributed by atoms with van der Waals surface area (Å²) in [6, 6.07) is 7.34. The van der Waals surface area contributed by atoms with E-state index in [1.165, 1.54) is 70.6 Å². The molecule has 1 aromatic rings. The van der Waals surface area contributed by atoms with Crippen LogP contribution in [0, 0.1) is 0 Å². The van der Waals surface area contributed by atoms with Gasteiger partial charge in [0.05, 0.1) is 0 Å². The Bertz CT molecular complexity index is 414. The molecule has 0 fully saturated rings. The Balaban J connectivity index is 1.86. The topological polar surface area (TPSA) is 32.6 Å². The summed E-state index contributed by atoms with van der Waals surface area (Å²) < 4.78 is 0. The molecule has 0 saturated heterocycles. The van der Waals surface area contributed by atoms with Gasteiger partial charge in [0, 0.05) is 18.3 Å². The van der Waals surface area contributed by atoms with Gasteiger partial charge in [-0.25, -0.2) is 0 Å². The number of hydrogen-bond acceptors (Lipinski definition) is 2. The highest BCUT2D eigenvalue weighted by Crippen LogP contribution is 2.13. The molecule has 0 aromatic heterocycles. The molecular weight excluding hydrogens is 282 g/mol. The predicted octanol–water partition coefficient (Wildman–Crippen LogP) is 6.51. The van der Waals surface area contributed by atoms with Crippen LogP contribution in [-0.2, 0) is 0 Å². The molecule has 2 heteroatoms. The maximum Gasteiger partial charge on any atom is 0.124 e. The zero-order chi connectivity index (χ0) is 16.6. The number of nitrogens with zero attached hydrogens (tertiary/aromatic N) is 1. The molecule has 0 saturated carbocycles. The number of unbranched alkanes of at least 4 members (excludes halogenated alkanes) is 11. The van der Waals surface area contributed by atoms with E-state index in [0.717, 1.165) is 18.5 Å². The van der Waals surface area contributed by atoms with Crippen molar-refractivity contribution >= 4 is 6.21 Å². The molecule has 0 aliphatic rings. The van der Waals surface area contributed by atoms with E-state index in [4.69, 9.17) is 0 Å². The van der Waals surface area contributed by atoms with Gasteiger partial charge in [-0.1, -0.05) is 89.7 Å². The van der Waals surface area contributed by atoms with Crippen molar-refractivity contribution in [2.45, 2.75) is 84.0 Å². The first kappa shape index (κ1) is 19.7. The molecule has 0 aliphatic heterocycles. The van der Waals surface area contributed by atoms with Crippen LogP contribution in [-0.4, -0.2) is 17.9 Å². The largest absolute Gasteiger partial charge is 0.507 e. The Morgan fingerprint density at radius 2 is 1.30 bits per heavy atom. The SMILES string of the molecule is CCCCCCCCCCCCCCN=Cc1ccccc1O. The zero-order valence-corrected chi connectivity index (χ0v) is 15.0. The van der Waals surface area contributed by atoms with Crippen molar-refractivity contribution in [2.75, 3.05) is 6.54 Å². The Morgan fingerprint density at radius 3 is 1.87 bits per heavy atom. The van der Waals surface area contributed by atoms with E-state index in [9.17, 15) is 5.11 Å². The van der Waals surface area contributed by atoms with Crippen LogP contribution in [0.5, 0.6) is 5.75 Å². The highest BCUT2D eigenvalue weighted by atomic mass is 16.3. The van der Waals surface area contributed by atoms with Gasteiger partial charge < -0.3 is 5.11 Å². The molecule has 0 spiro atoms. The first-order chi connectivity index (χ1) is 11.3. The summed E-state index contributed by atoms with van der Waals surface area (Å²) >= 11 is 0. The summed E-state index contributed by atoms with van der Waals surface area (Å²) in [7, 11) is 0. The third kappa shape index (κ3) is 11.0. The molecule has 0 heterocycles. The van der Waals surface area contributed by atoms with Crippen LogP contribution in [0.25, 0.3) is 0 Å². The fraction of sp³-hybridized carbons (Fsp3) is 0.667. The average molecular weight is 318 g/mol.